The highest BCUT2D eigenvalue weighted by atomic mass is 35.5. The first kappa shape index (κ1) is 12.4. The summed E-state index contributed by atoms with van der Waals surface area (Å²) in [5, 5.41) is 9.59. The number of halogens is 1. The molecule has 0 aliphatic carbocycles. The van der Waals surface area contributed by atoms with E-state index in [1.807, 2.05) is 30.3 Å². The molecule has 0 heterocycles. The van der Waals surface area contributed by atoms with Crippen LogP contribution >= 0.6 is 11.6 Å². The van der Waals surface area contributed by atoms with Crippen molar-refractivity contribution < 1.29 is 9.90 Å². The molecule has 0 saturated carbocycles. The quantitative estimate of drug-likeness (QED) is 0.518. The zero-order chi connectivity index (χ0) is 13.0. The predicted octanol–water partition coefficient (Wildman–Crippen LogP) is 3.70. The summed E-state index contributed by atoms with van der Waals surface area (Å²) in [6.07, 6.45) is 0.741. The van der Waals surface area contributed by atoms with Crippen molar-refractivity contribution in [1.82, 2.24) is 0 Å². The number of rotatable bonds is 3. The number of phenolic OH excluding ortho intramolecular Hbond substituents is 1. The Bertz CT molecular complexity index is 571. The van der Waals surface area contributed by atoms with Crippen molar-refractivity contribution >= 4 is 28.5 Å². The van der Waals surface area contributed by atoms with Crippen molar-refractivity contribution in [1.29, 1.82) is 0 Å². The van der Waals surface area contributed by atoms with Crippen LogP contribution in [-0.4, -0.2) is 11.4 Å². The lowest BCUT2D eigenvalue weighted by Gasteiger charge is -2.05. The van der Waals surface area contributed by atoms with Gasteiger partial charge in [0, 0.05) is 5.57 Å². The van der Waals surface area contributed by atoms with Gasteiger partial charge >= 0.3 is 0 Å². The van der Waals surface area contributed by atoms with Crippen molar-refractivity contribution in [2.45, 2.75) is 0 Å². The lowest BCUT2D eigenvalue weighted by atomic mass is 10.0. The van der Waals surface area contributed by atoms with Crippen LogP contribution < -0.4 is 0 Å². The molecule has 2 aromatic carbocycles. The van der Waals surface area contributed by atoms with E-state index in [9.17, 15) is 9.90 Å². The zero-order valence-electron chi connectivity index (χ0n) is 9.51. The molecule has 2 aromatic rings. The monoisotopic (exact) mass is 258 g/mol. The Kier molecular flexibility index (Phi) is 3.80. The molecule has 0 aromatic heterocycles. The molecular weight excluding hydrogens is 248 g/mol. The van der Waals surface area contributed by atoms with E-state index < -0.39 is 0 Å². The first-order valence-corrected chi connectivity index (χ1v) is 5.80. The number of hydrogen-bond donors (Lipinski definition) is 1. The van der Waals surface area contributed by atoms with E-state index in [0.29, 0.717) is 16.2 Å². The Morgan fingerprint density at radius 1 is 0.944 bits per heavy atom. The van der Waals surface area contributed by atoms with Gasteiger partial charge in [0.05, 0.1) is 5.03 Å². The van der Waals surface area contributed by atoms with Crippen LogP contribution in [0.2, 0.25) is 0 Å². The molecular formula is C15H11ClO2. The van der Waals surface area contributed by atoms with E-state index >= 15 is 0 Å². The van der Waals surface area contributed by atoms with Gasteiger partial charge in [-0.1, -0.05) is 41.9 Å². The second kappa shape index (κ2) is 5.52. The fraction of sp³-hybridized carbons (Fsp3) is 0. The molecule has 0 saturated heterocycles. The minimum atomic E-state index is 0.163. The van der Waals surface area contributed by atoms with E-state index in [0.717, 1.165) is 11.8 Å². The van der Waals surface area contributed by atoms with Crippen LogP contribution in [0.4, 0.5) is 0 Å². The average molecular weight is 259 g/mol. The molecule has 0 aliphatic heterocycles. The van der Waals surface area contributed by atoms with Gasteiger partial charge in [-0.3, -0.25) is 4.79 Å². The van der Waals surface area contributed by atoms with E-state index in [-0.39, 0.29) is 5.75 Å². The SMILES string of the molecule is O=C/C(=C(\Cl)c1ccc(O)cc1)c1ccccc1. The second-order valence-electron chi connectivity index (χ2n) is 3.76. The Hall–Kier alpha value is -2.06. The number of benzene rings is 2. The standard InChI is InChI=1S/C15H11ClO2/c16-15(12-6-8-13(18)9-7-12)14(10-17)11-4-2-1-3-5-11/h1-10,18H/b15-14+. The van der Waals surface area contributed by atoms with E-state index in [1.165, 1.54) is 12.1 Å². The predicted molar refractivity (Wildman–Crippen MR) is 73.3 cm³/mol. The van der Waals surface area contributed by atoms with Crippen LogP contribution in [0.15, 0.2) is 54.6 Å². The highest BCUT2D eigenvalue weighted by Gasteiger charge is 2.08. The zero-order valence-corrected chi connectivity index (χ0v) is 10.3. The highest BCUT2D eigenvalue weighted by molar-refractivity contribution is 6.55. The summed E-state index contributed by atoms with van der Waals surface area (Å²) < 4.78 is 0. The number of aldehydes is 1. The van der Waals surface area contributed by atoms with Crippen LogP contribution in [0.5, 0.6) is 5.75 Å². The van der Waals surface area contributed by atoms with Crippen LogP contribution in [0.25, 0.3) is 10.6 Å². The van der Waals surface area contributed by atoms with E-state index in [2.05, 4.69) is 0 Å². The Morgan fingerprint density at radius 3 is 2.11 bits per heavy atom. The van der Waals surface area contributed by atoms with Gasteiger partial charge in [0.25, 0.3) is 0 Å². The summed E-state index contributed by atoms with van der Waals surface area (Å²) in [5.41, 5.74) is 1.90. The molecule has 0 atom stereocenters. The van der Waals surface area contributed by atoms with E-state index in [4.69, 9.17) is 11.6 Å². The third-order valence-corrected chi connectivity index (χ3v) is 2.98. The van der Waals surface area contributed by atoms with Crippen LogP contribution in [0, 0.1) is 0 Å². The van der Waals surface area contributed by atoms with Gasteiger partial charge in [-0.05, 0) is 35.4 Å². The highest BCUT2D eigenvalue weighted by Crippen LogP contribution is 2.29. The van der Waals surface area contributed by atoms with E-state index in [1.54, 1.807) is 12.1 Å². The number of hydrogen-bond acceptors (Lipinski definition) is 2. The molecule has 0 unspecified atom stereocenters. The molecule has 0 radical (unpaired) electrons. The largest absolute Gasteiger partial charge is 0.508 e. The summed E-state index contributed by atoms with van der Waals surface area (Å²) in [6.45, 7) is 0. The molecule has 0 aliphatic rings. The van der Waals surface area contributed by atoms with Gasteiger partial charge in [-0.15, -0.1) is 0 Å². The van der Waals surface area contributed by atoms with Crippen LogP contribution in [0.1, 0.15) is 11.1 Å². The second-order valence-corrected chi connectivity index (χ2v) is 4.14. The smallest absolute Gasteiger partial charge is 0.152 e. The van der Waals surface area contributed by atoms with Gasteiger partial charge in [0.2, 0.25) is 0 Å². The molecule has 0 amide bonds. The molecule has 3 heteroatoms. The Morgan fingerprint density at radius 2 is 1.56 bits per heavy atom. The van der Waals surface area contributed by atoms with Crippen molar-refractivity contribution in [2.24, 2.45) is 0 Å². The minimum absolute atomic E-state index is 0.163. The molecule has 0 fully saturated rings. The molecule has 0 spiro atoms. The minimum Gasteiger partial charge on any atom is -0.508 e. The van der Waals surface area contributed by atoms with Crippen molar-refractivity contribution in [3.8, 4) is 5.75 Å². The fourth-order valence-electron chi connectivity index (χ4n) is 1.63. The summed E-state index contributed by atoms with van der Waals surface area (Å²) in [7, 11) is 0. The maximum atomic E-state index is 11.2. The molecule has 0 bridgehead atoms. The number of carbonyl (C=O) groups is 1. The number of phenols is 1. The lowest BCUT2D eigenvalue weighted by molar-refractivity contribution is -0.103. The first-order valence-electron chi connectivity index (χ1n) is 5.42. The Balaban J connectivity index is 2.50. The molecule has 18 heavy (non-hydrogen) atoms. The lowest BCUT2D eigenvalue weighted by Crippen LogP contribution is -1.89. The summed E-state index contributed by atoms with van der Waals surface area (Å²) in [5.74, 6) is 0.163. The number of allylic oxidation sites excluding steroid dienone is 1. The Labute approximate surface area is 110 Å². The number of aromatic hydroxyl groups is 1. The fourth-order valence-corrected chi connectivity index (χ4v) is 1.91. The third kappa shape index (κ3) is 2.60. The average Bonchev–Trinajstić information content (AvgIpc) is 2.41. The topological polar surface area (TPSA) is 37.3 Å². The molecule has 90 valence electrons. The molecule has 2 rings (SSSR count). The van der Waals surface area contributed by atoms with Gasteiger partial charge < -0.3 is 5.11 Å². The maximum Gasteiger partial charge on any atom is 0.152 e. The van der Waals surface area contributed by atoms with Crippen molar-refractivity contribution in [2.75, 3.05) is 0 Å². The van der Waals surface area contributed by atoms with Crippen molar-refractivity contribution in [3.63, 3.8) is 0 Å². The maximum absolute atomic E-state index is 11.2. The summed E-state index contributed by atoms with van der Waals surface area (Å²) in [6, 6.07) is 15.6. The molecule has 2 nitrogen and oxygen atoms in total. The first-order chi connectivity index (χ1) is 8.72. The van der Waals surface area contributed by atoms with Gasteiger partial charge in [-0.25, -0.2) is 0 Å². The number of carbonyl (C=O) groups excluding carboxylic acids is 1. The van der Waals surface area contributed by atoms with Gasteiger partial charge in [0.1, 0.15) is 5.75 Å². The molecule has 1 N–H and O–H groups in total. The normalized spacial score (nSPS) is 11.8. The van der Waals surface area contributed by atoms with Crippen LogP contribution in [0.3, 0.4) is 0 Å². The van der Waals surface area contributed by atoms with Crippen molar-refractivity contribution in [3.05, 3.63) is 65.7 Å². The van der Waals surface area contributed by atoms with Gasteiger partial charge in [-0.2, -0.15) is 0 Å². The van der Waals surface area contributed by atoms with Crippen LogP contribution in [-0.2, 0) is 4.79 Å². The summed E-state index contributed by atoms with van der Waals surface area (Å²) >= 11 is 6.23. The summed E-state index contributed by atoms with van der Waals surface area (Å²) in [4.78, 5) is 11.2. The third-order valence-electron chi connectivity index (χ3n) is 2.56. The van der Waals surface area contributed by atoms with Gasteiger partial charge in [0.15, 0.2) is 6.29 Å².